The molecule has 178 valence electrons. The maximum absolute atomic E-state index is 12.5. The summed E-state index contributed by atoms with van der Waals surface area (Å²) in [7, 11) is -3.46. The maximum atomic E-state index is 12.5. The van der Waals surface area contributed by atoms with Crippen LogP contribution in [0.4, 0.5) is 5.95 Å². The van der Waals surface area contributed by atoms with Crippen molar-refractivity contribution in [2.24, 2.45) is 0 Å². The molecule has 11 heteroatoms. The molecule has 0 fully saturated rings. The molecule has 3 N–H and O–H groups in total. The van der Waals surface area contributed by atoms with Crippen LogP contribution >= 0.6 is 11.3 Å². The average molecular weight is 508 g/mol. The van der Waals surface area contributed by atoms with Gasteiger partial charge in [-0.1, -0.05) is 12.1 Å². The normalized spacial score (nSPS) is 11.7. The van der Waals surface area contributed by atoms with Crippen molar-refractivity contribution >= 4 is 32.1 Å². The van der Waals surface area contributed by atoms with E-state index in [1.54, 1.807) is 30.5 Å². The average Bonchev–Trinajstić information content (AvgIpc) is 3.44. The van der Waals surface area contributed by atoms with Crippen LogP contribution < -0.4 is 5.32 Å². The summed E-state index contributed by atoms with van der Waals surface area (Å²) in [4.78, 5) is 14.6. The Labute approximate surface area is 205 Å². The van der Waals surface area contributed by atoms with Gasteiger partial charge in [-0.15, -0.1) is 11.3 Å². The Kier molecular flexibility index (Phi) is 6.10. The third kappa shape index (κ3) is 4.81. The first kappa shape index (κ1) is 22.8. The van der Waals surface area contributed by atoms with Crippen LogP contribution in [0.15, 0.2) is 77.3 Å². The van der Waals surface area contributed by atoms with E-state index in [9.17, 15) is 18.6 Å². The van der Waals surface area contributed by atoms with Crippen molar-refractivity contribution in [2.75, 3.05) is 17.6 Å². The quantitative estimate of drug-likeness (QED) is 0.266. The number of nitrogens with one attached hydrogen (secondary N) is 1. The molecule has 5 rings (SSSR count). The van der Waals surface area contributed by atoms with Crippen molar-refractivity contribution in [1.82, 2.24) is 19.4 Å². The van der Waals surface area contributed by atoms with Crippen LogP contribution in [0.5, 0.6) is 11.5 Å². The van der Waals surface area contributed by atoms with Crippen molar-refractivity contribution in [3.05, 3.63) is 72.4 Å². The van der Waals surface area contributed by atoms with Gasteiger partial charge in [-0.2, -0.15) is 0 Å². The third-order valence-electron chi connectivity index (χ3n) is 5.35. The zero-order valence-corrected chi connectivity index (χ0v) is 20.0. The fourth-order valence-corrected chi connectivity index (χ4v) is 5.72. The summed E-state index contributed by atoms with van der Waals surface area (Å²) in [5.74, 6) is 0.492. The third-order valence-corrected chi connectivity index (χ3v) is 7.92. The van der Waals surface area contributed by atoms with Gasteiger partial charge in [0.2, 0.25) is 5.95 Å². The molecule has 0 spiro atoms. The molecular weight excluding hydrogens is 486 g/mol. The number of benzene rings is 2. The second kappa shape index (κ2) is 9.35. The second-order valence-electron chi connectivity index (χ2n) is 7.77. The van der Waals surface area contributed by atoms with Crippen LogP contribution in [-0.2, 0) is 9.84 Å². The predicted octanol–water partition coefficient (Wildman–Crippen LogP) is 4.21. The second-order valence-corrected chi connectivity index (χ2v) is 10.8. The van der Waals surface area contributed by atoms with E-state index in [0.29, 0.717) is 30.3 Å². The number of hydrogen-bond acceptors (Lipinski definition) is 9. The first-order valence-electron chi connectivity index (χ1n) is 10.7. The lowest BCUT2D eigenvalue weighted by Gasteiger charge is -2.09. The predicted molar refractivity (Wildman–Crippen MR) is 134 cm³/mol. The van der Waals surface area contributed by atoms with E-state index >= 15 is 0 Å². The molecule has 3 heterocycles. The summed E-state index contributed by atoms with van der Waals surface area (Å²) < 4.78 is 26.9. The molecule has 0 atom stereocenters. The van der Waals surface area contributed by atoms with Gasteiger partial charge in [0.25, 0.3) is 0 Å². The first-order chi connectivity index (χ1) is 16.9. The van der Waals surface area contributed by atoms with E-state index in [-0.39, 0.29) is 22.1 Å². The first-order valence-corrected chi connectivity index (χ1v) is 13.3. The molecule has 0 unspecified atom stereocenters. The van der Waals surface area contributed by atoms with E-state index in [4.69, 9.17) is 4.98 Å². The number of sulfone groups is 1. The molecule has 0 aliphatic rings. The van der Waals surface area contributed by atoms with Crippen LogP contribution in [-0.4, -0.2) is 50.3 Å². The van der Waals surface area contributed by atoms with Gasteiger partial charge in [0.1, 0.15) is 17.2 Å². The minimum absolute atomic E-state index is 0.0211. The molecule has 0 aliphatic heterocycles. The summed E-state index contributed by atoms with van der Waals surface area (Å²) in [6.07, 6.45) is 3.90. The van der Waals surface area contributed by atoms with Gasteiger partial charge in [0.05, 0.1) is 22.0 Å². The Morgan fingerprint density at radius 1 is 1.00 bits per heavy atom. The number of nitrogens with zero attached hydrogens (tertiary/aromatic N) is 4. The highest BCUT2D eigenvalue weighted by Crippen LogP contribution is 2.34. The zero-order valence-electron chi connectivity index (χ0n) is 18.4. The molecule has 0 bridgehead atoms. The zero-order chi connectivity index (χ0) is 24.4. The van der Waals surface area contributed by atoms with E-state index < -0.39 is 9.84 Å². The monoisotopic (exact) mass is 507 g/mol. The van der Waals surface area contributed by atoms with E-state index in [1.807, 2.05) is 22.0 Å². The van der Waals surface area contributed by atoms with Gasteiger partial charge in [0.15, 0.2) is 14.8 Å². The highest BCUT2D eigenvalue weighted by atomic mass is 32.2. The minimum Gasteiger partial charge on any atom is -0.508 e. The van der Waals surface area contributed by atoms with E-state index in [2.05, 4.69) is 15.3 Å². The number of aromatic hydroxyl groups is 2. The van der Waals surface area contributed by atoms with Gasteiger partial charge in [-0.3, -0.25) is 4.40 Å². The van der Waals surface area contributed by atoms with Gasteiger partial charge >= 0.3 is 0 Å². The van der Waals surface area contributed by atoms with Crippen LogP contribution in [0.25, 0.3) is 27.6 Å². The molecule has 3 aromatic heterocycles. The van der Waals surface area contributed by atoms with Crippen LogP contribution in [0.3, 0.4) is 0 Å². The number of imidazole rings is 1. The fourth-order valence-electron chi connectivity index (χ4n) is 3.69. The molecule has 2 aromatic carbocycles. The van der Waals surface area contributed by atoms with Gasteiger partial charge < -0.3 is 15.5 Å². The number of thiazole rings is 1. The summed E-state index contributed by atoms with van der Waals surface area (Å²) in [6.45, 7) is 0.362. The number of anilines is 1. The molecule has 0 amide bonds. The Balaban J connectivity index is 1.34. The Morgan fingerprint density at radius 2 is 1.83 bits per heavy atom. The minimum atomic E-state index is -3.46. The lowest BCUT2D eigenvalue weighted by Crippen LogP contribution is -2.13. The molecule has 9 nitrogen and oxygen atoms in total. The number of aromatic nitrogens is 4. The van der Waals surface area contributed by atoms with E-state index in [0.717, 1.165) is 16.2 Å². The summed E-state index contributed by atoms with van der Waals surface area (Å²) in [6, 6.07) is 14.2. The van der Waals surface area contributed by atoms with Gasteiger partial charge in [-0.05, 0) is 48.9 Å². The van der Waals surface area contributed by atoms with Gasteiger partial charge in [-0.25, -0.2) is 23.4 Å². The van der Waals surface area contributed by atoms with Crippen LogP contribution in [0, 0.1) is 0 Å². The van der Waals surface area contributed by atoms with Crippen molar-refractivity contribution in [3.63, 3.8) is 0 Å². The summed E-state index contributed by atoms with van der Waals surface area (Å²) in [5.41, 5.74) is 2.87. The number of hydrogen-bond donors (Lipinski definition) is 3. The number of rotatable bonds is 8. The highest BCUT2D eigenvalue weighted by molar-refractivity contribution is 7.91. The smallest absolute Gasteiger partial charge is 0.223 e. The number of fused-ring (bicyclic) bond motifs is 1. The van der Waals surface area contributed by atoms with Crippen LogP contribution in [0.2, 0.25) is 0 Å². The van der Waals surface area contributed by atoms with E-state index in [1.165, 1.54) is 35.6 Å². The standard InChI is InChI=1S/C24H21N5O4S2/c30-17-5-7-19(8-6-17)35(32,33)14-2-10-25-23-26-11-9-20(27-23)22-21(16-3-1-4-18(31)15-16)28-24-29(22)12-13-34-24/h1,3-9,11-13,15,30-31H,2,10,14H2,(H,25,26,27). The molecule has 0 saturated carbocycles. The van der Waals surface area contributed by atoms with Gasteiger partial charge in [0, 0.05) is 29.9 Å². The summed E-state index contributed by atoms with van der Waals surface area (Å²) >= 11 is 1.50. The largest absolute Gasteiger partial charge is 0.508 e. The maximum Gasteiger partial charge on any atom is 0.223 e. The Morgan fingerprint density at radius 3 is 2.63 bits per heavy atom. The molecule has 0 aliphatic carbocycles. The topological polar surface area (TPSA) is 130 Å². The highest BCUT2D eigenvalue weighted by Gasteiger charge is 2.19. The fraction of sp³-hybridized carbons (Fsp3) is 0.125. The van der Waals surface area contributed by atoms with Crippen molar-refractivity contribution in [1.29, 1.82) is 0 Å². The number of phenols is 2. The Hall–Kier alpha value is -3.96. The lowest BCUT2D eigenvalue weighted by atomic mass is 10.1. The molecule has 0 saturated heterocycles. The molecule has 35 heavy (non-hydrogen) atoms. The molecule has 5 aromatic rings. The van der Waals surface area contributed by atoms with Crippen molar-refractivity contribution < 1.29 is 18.6 Å². The molecule has 0 radical (unpaired) electrons. The summed E-state index contributed by atoms with van der Waals surface area (Å²) in [5, 5.41) is 24.3. The Bertz CT molecular complexity index is 1590. The van der Waals surface area contributed by atoms with Crippen LogP contribution in [0.1, 0.15) is 6.42 Å². The lowest BCUT2D eigenvalue weighted by molar-refractivity contribution is 0.474. The SMILES string of the molecule is O=S(=O)(CCCNc1nccc(-c2c(-c3cccc(O)c3)nc3sccn23)n1)c1ccc(O)cc1. The molecular formula is C24H21N5O4S2. The van der Waals surface area contributed by atoms with Crippen molar-refractivity contribution in [3.8, 4) is 34.1 Å². The van der Waals surface area contributed by atoms with Crippen molar-refractivity contribution in [2.45, 2.75) is 11.3 Å². The number of phenolic OH excluding ortho intramolecular Hbond substituents is 2.